The lowest BCUT2D eigenvalue weighted by atomic mass is 9.88. The molecule has 1 N–H and O–H groups in total. The molecule has 0 aromatic rings. The topological polar surface area (TPSA) is 32.7 Å². The number of hydrogen-bond acceptors (Lipinski definition) is 3. The van der Waals surface area contributed by atoms with E-state index in [0.717, 1.165) is 26.0 Å². The fourth-order valence-corrected chi connectivity index (χ4v) is 2.90. The summed E-state index contributed by atoms with van der Waals surface area (Å²) >= 11 is 0. The van der Waals surface area contributed by atoms with Crippen molar-refractivity contribution in [2.24, 2.45) is 5.41 Å². The Kier molecular flexibility index (Phi) is 4.77. The smallest absolute Gasteiger partial charge is 0.0746 e. The lowest BCUT2D eigenvalue weighted by Gasteiger charge is -2.37. The zero-order valence-electron chi connectivity index (χ0n) is 11.4. The van der Waals surface area contributed by atoms with Crippen molar-refractivity contribution in [1.82, 2.24) is 4.90 Å². The molecule has 3 nitrogen and oxygen atoms in total. The van der Waals surface area contributed by atoms with E-state index in [1.165, 1.54) is 0 Å². The Balaban J connectivity index is 2.67. The molecule has 0 amide bonds. The predicted molar refractivity (Wildman–Crippen MR) is 66.5 cm³/mol. The second-order valence-corrected chi connectivity index (χ2v) is 5.67. The predicted octanol–water partition coefficient (Wildman–Crippen LogP) is 1.89. The van der Waals surface area contributed by atoms with Crippen LogP contribution >= 0.6 is 0 Å². The second kappa shape index (κ2) is 5.48. The summed E-state index contributed by atoms with van der Waals surface area (Å²) in [5.41, 5.74) is 0.0604. The van der Waals surface area contributed by atoms with Crippen molar-refractivity contribution in [2.75, 3.05) is 20.3 Å². The van der Waals surface area contributed by atoms with Gasteiger partial charge in [0.05, 0.1) is 12.7 Å². The van der Waals surface area contributed by atoms with E-state index >= 15 is 0 Å². The molecule has 0 aromatic carbocycles. The van der Waals surface area contributed by atoms with Gasteiger partial charge in [-0.1, -0.05) is 20.8 Å². The molecule has 1 fully saturated rings. The molecule has 0 heterocycles. The largest absolute Gasteiger partial charge is 0.391 e. The van der Waals surface area contributed by atoms with E-state index in [0.29, 0.717) is 12.1 Å². The van der Waals surface area contributed by atoms with E-state index in [2.05, 4.69) is 32.6 Å². The summed E-state index contributed by atoms with van der Waals surface area (Å²) in [6, 6.07) is 0.675. The lowest BCUT2D eigenvalue weighted by molar-refractivity contribution is -0.0107. The second-order valence-electron chi connectivity index (χ2n) is 5.67. The van der Waals surface area contributed by atoms with Crippen LogP contribution in [-0.4, -0.2) is 48.5 Å². The molecule has 1 saturated carbocycles. The van der Waals surface area contributed by atoms with Crippen LogP contribution in [0.1, 0.15) is 40.5 Å². The van der Waals surface area contributed by atoms with Crippen LogP contribution in [0.3, 0.4) is 0 Å². The van der Waals surface area contributed by atoms with Crippen LogP contribution in [0.25, 0.3) is 0 Å². The molecule has 3 unspecified atom stereocenters. The Bertz CT molecular complexity index is 218. The Morgan fingerprint density at radius 3 is 2.50 bits per heavy atom. The van der Waals surface area contributed by atoms with Crippen LogP contribution in [0.2, 0.25) is 0 Å². The van der Waals surface area contributed by atoms with Crippen LogP contribution in [0.15, 0.2) is 0 Å². The lowest BCUT2D eigenvalue weighted by Crippen LogP contribution is -2.49. The number of likely N-dealkylation sites (N-methyl/N-ethyl adjacent to an activating group) is 1. The molecule has 0 aliphatic heterocycles. The standard InChI is InChI=1S/C13H27NO2/c1-6-14(10(2)9-16-5)11-7-8-13(3,4)12(11)15/h10-12,15H,6-9H2,1-5H3. The van der Waals surface area contributed by atoms with Crippen LogP contribution in [0, 0.1) is 5.41 Å². The third-order valence-corrected chi connectivity index (χ3v) is 4.01. The molecule has 1 aliphatic carbocycles. The van der Waals surface area contributed by atoms with Crippen LogP contribution < -0.4 is 0 Å². The van der Waals surface area contributed by atoms with Crippen LogP contribution in [-0.2, 0) is 4.74 Å². The molecule has 1 rings (SSSR count). The highest BCUT2D eigenvalue weighted by Crippen LogP contribution is 2.40. The fourth-order valence-electron chi connectivity index (χ4n) is 2.90. The zero-order chi connectivity index (χ0) is 12.3. The monoisotopic (exact) mass is 229 g/mol. The molecule has 0 spiro atoms. The molecule has 0 aromatic heterocycles. The summed E-state index contributed by atoms with van der Waals surface area (Å²) in [7, 11) is 1.74. The molecule has 96 valence electrons. The highest BCUT2D eigenvalue weighted by Gasteiger charge is 2.43. The van der Waals surface area contributed by atoms with Gasteiger partial charge in [-0.3, -0.25) is 4.90 Å². The van der Waals surface area contributed by atoms with Gasteiger partial charge < -0.3 is 9.84 Å². The molecular formula is C13H27NO2. The summed E-state index contributed by atoms with van der Waals surface area (Å²) in [6.07, 6.45) is 1.98. The van der Waals surface area contributed by atoms with Gasteiger partial charge in [-0.2, -0.15) is 0 Å². The van der Waals surface area contributed by atoms with Crippen LogP contribution in [0.4, 0.5) is 0 Å². The third-order valence-electron chi connectivity index (χ3n) is 4.01. The number of ether oxygens (including phenoxy) is 1. The first kappa shape index (κ1) is 13.9. The van der Waals surface area contributed by atoms with Crippen molar-refractivity contribution in [1.29, 1.82) is 0 Å². The van der Waals surface area contributed by atoms with Crippen LogP contribution in [0.5, 0.6) is 0 Å². The first-order chi connectivity index (χ1) is 7.44. The molecule has 1 aliphatic rings. The molecule has 0 saturated heterocycles. The maximum Gasteiger partial charge on any atom is 0.0746 e. The van der Waals surface area contributed by atoms with E-state index in [1.54, 1.807) is 7.11 Å². The Labute approximate surface area is 99.8 Å². The molecule has 3 heteroatoms. The summed E-state index contributed by atoms with van der Waals surface area (Å²) in [6.45, 7) is 10.4. The minimum absolute atomic E-state index is 0.0604. The number of rotatable bonds is 5. The highest BCUT2D eigenvalue weighted by atomic mass is 16.5. The number of hydrogen-bond donors (Lipinski definition) is 1. The average Bonchev–Trinajstić information content (AvgIpc) is 2.47. The molecule has 16 heavy (non-hydrogen) atoms. The highest BCUT2D eigenvalue weighted by molar-refractivity contribution is 4.97. The van der Waals surface area contributed by atoms with Crippen molar-refractivity contribution < 1.29 is 9.84 Å². The van der Waals surface area contributed by atoms with Crippen molar-refractivity contribution in [3.63, 3.8) is 0 Å². The van der Waals surface area contributed by atoms with Crippen molar-refractivity contribution >= 4 is 0 Å². The fraction of sp³-hybridized carbons (Fsp3) is 1.00. The number of aliphatic hydroxyl groups excluding tert-OH is 1. The van der Waals surface area contributed by atoms with E-state index in [9.17, 15) is 5.11 Å². The number of methoxy groups -OCH3 is 1. The first-order valence-corrected chi connectivity index (χ1v) is 6.36. The summed E-state index contributed by atoms with van der Waals surface area (Å²) < 4.78 is 5.21. The minimum atomic E-state index is -0.216. The van der Waals surface area contributed by atoms with Gasteiger partial charge >= 0.3 is 0 Å². The SMILES string of the molecule is CCN(C(C)COC)C1CCC(C)(C)C1O. The minimum Gasteiger partial charge on any atom is -0.391 e. The van der Waals surface area contributed by atoms with Gasteiger partial charge in [-0.25, -0.2) is 0 Å². The van der Waals surface area contributed by atoms with E-state index in [4.69, 9.17) is 4.74 Å². The van der Waals surface area contributed by atoms with Crippen molar-refractivity contribution in [2.45, 2.75) is 58.7 Å². The molecule has 0 bridgehead atoms. The summed E-state index contributed by atoms with van der Waals surface area (Å²) in [5, 5.41) is 10.4. The van der Waals surface area contributed by atoms with Gasteiger partial charge in [-0.15, -0.1) is 0 Å². The summed E-state index contributed by atoms with van der Waals surface area (Å²) in [5.74, 6) is 0. The van der Waals surface area contributed by atoms with Gasteiger partial charge in [-0.05, 0) is 31.7 Å². The number of nitrogens with zero attached hydrogens (tertiary/aromatic N) is 1. The summed E-state index contributed by atoms with van der Waals surface area (Å²) in [4.78, 5) is 2.38. The normalized spacial score (nSPS) is 30.9. The molecule has 3 atom stereocenters. The van der Waals surface area contributed by atoms with Gasteiger partial charge in [0.2, 0.25) is 0 Å². The third kappa shape index (κ3) is 2.76. The number of aliphatic hydroxyl groups is 1. The zero-order valence-corrected chi connectivity index (χ0v) is 11.4. The Morgan fingerprint density at radius 1 is 1.50 bits per heavy atom. The first-order valence-electron chi connectivity index (χ1n) is 6.36. The quantitative estimate of drug-likeness (QED) is 0.781. The average molecular weight is 229 g/mol. The maximum absolute atomic E-state index is 10.4. The van der Waals surface area contributed by atoms with E-state index in [-0.39, 0.29) is 11.5 Å². The van der Waals surface area contributed by atoms with Gasteiger partial charge in [0.1, 0.15) is 0 Å². The van der Waals surface area contributed by atoms with E-state index < -0.39 is 0 Å². The Hall–Kier alpha value is -0.120. The maximum atomic E-state index is 10.4. The molecular weight excluding hydrogens is 202 g/mol. The Morgan fingerprint density at radius 2 is 2.12 bits per heavy atom. The van der Waals surface area contributed by atoms with Crippen molar-refractivity contribution in [3.8, 4) is 0 Å². The van der Waals surface area contributed by atoms with E-state index in [1.807, 2.05) is 0 Å². The van der Waals surface area contributed by atoms with Gasteiger partial charge in [0, 0.05) is 19.2 Å². The molecule has 0 radical (unpaired) electrons. The van der Waals surface area contributed by atoms with Crippen molar-refractivity contribution in [3.05, 3.63) is 0 Å². The van der Waals surface area contributed by atoms with Gasteiger partial charge in [0.15, 0.2) is 0 Å². The van der Waals surface area contributed by atoms with Gasteiger partial charge in [0.25, 0.3) is 0 Å².